The van der Waals surface area contributed by atoms with Crippen LogP contribution < -0.4 is 0 Å². The predicted octanol–water partition coefficient (Wildman–Crippen LogP) is 61.2. The molecule has 58 atom stereocenters. The Labute approximate surface area is 834 Å². The molecular weight excluding hydrogens is 3270 g/mol. The van der Waals surface area contributed by atoms with E-state index in [1.807, 2.05) is 0 Å². The molecular formula is H106P104V. The van der Waals surface area contributed by atoms with Crippen LogP contribution in [-0.2, 0) is 18.6 Å². The van der Waals surface area contributed by atoms with Crippen LogP contribution in [0.3, 0.4) is 0 Å². The predicted molar refractivity (Wildman–Crippen MR) is 868 cm³/mol. The standard InChI is InChI=1S/H106P104.V/c1-53-80(52)95(79(50)51)97(100(85(59(10)11)60(12)13)86(61(14)15)62(16)17)81(96(83(55(2)3)56(4)5)84(57(6)7)58(8)9)54-82(98(101(87(63(18)19)64(20)21)88(65(22)23)66(24)25)102(89(67(26)27)68(28)29)90(69(30)31)70(32)33)99(103(91(71(34)35)72(36)37)92(73(38)39)74(40)41)104(93(75(42)43)76(44)45)94(77(46)47)78(48)49;/h53-54H,1-52H2;. The summed E-state index contributed by atoms with van der Waals surface area (Å²) in [5.74, 6) is 0. The first-order valence-corrected chi connectivity index (χ1v) is 214. The van der Waals surface area contributed by atoms with E-state index in [9.17, 15) is 0 Å². The number of hydrogen-bond donors (Lipinski definition) is 0. The van der Waals surface area contributed by atoms with Crippen LogP contribution in [0.5, 0.6) is 0 Å². The van der Waals surface area contributed by atoms with Gasteiger partial charge in [0.25, 0.3) is 0 Å². The fraction of sp³-hybridized carbons (Fsp3) is 0. The van der Waals surface area contributed by atoms with Crippen molar-refractivity contribution in [2.24, 2.45) is 0 Å². The molecule has 0 saturated heterocycles. The van der Waals surface area contributed by atoms with Gasteiger partial charge in [-0.15, -0.1) is 464 Å². The van der Waals surface area contributed by atoms with Crippen molar-refractivity contribution >= 4 is 830 Å². The summed E-state index contributed by atoms with van der Waals surface area (Å²) in [4.78, 5) is 0. The molecule has 631 valence electrons. The summed E-state index contributed by atoms with van der Waals surface area (Å²) >= 11 is 0. The van der Waals surface area contributed by atoms with E-state index in [1.54, 1.807) is 0 Å². The average molecular weight is 3380 g/mol. The first kappa shape index (κ1) is 152. The molecule has 0 nitrogen and oxygen atoms in total. The summed E-state index contributed by atoms with van der Waals surface area (Å²) in [6.07, 6.45) is 0. The fourth-order valence-electron chi connectivity index (χ4n) is 6.34. The van der Waals surface area contributed by atoms with Crippen molar-refractivity contribution < 1.29 is 18.6 Å². The Morgan fingerprint density at radius 1 is 0.114 bits per heavy atom. The second-order valence-electron chi connectivity index (χ2n) is 16.6. The zero-order valence-corrected chi connectivity index (χ0v) is 162. The van der Waals surface area contributed by atoms with Gasteiger partial charge in [-0.3, -0.25) is 0 Å². The number of rotatable bonds is 51. The van der Waals surface area contributed by atoms with Crippen LogP contribution >= 0.6 is 830 Å². The van der Waals surface area contributed by atoms with Crippen LogP contribution in [0.4, 0.5) is 0 Å². The number of hydrogen-bond acceptors (Lipinski definition) is 0. The first-order chi connectivity index (χ1) is 47.4. The molecule has 105 heteroatoms. The van der Waals surface area contributed by atoms with E-state index in [0.717, 1.165) is 15.9 Å². The van der Waals surface area contributed by atoms with Gasteiger partial charge in [-0.05, 0) is 357 Å². The van der Waals surface area contributed by atoms with Crippen molar-refractivity contribution in [3.05, 3.63) is 0 Å². The maximum absolute atomic E-state index is 3.91. The molecule has 0 fully saturated rings. The molecule has 0 aliphatic carbocycles. The van der Waals surface area contributed by atoms with Crippen LogP contribution in [0.25, 0.3) is 0 Å². The third kappa shape index (κ3) is 54.7. The molecule has 1 radical (unpaired) electrons. The van der Waals surface area contributed by atoms with Gasteiger partial charge in [0.05, 0.1) is 0 Å². The summed E-state index contributed by atoms with van der Waals surface area (Å²) in [7, 11) is 198. The molecule has 0 aromatic carbocycles. The first-order valence-electron chi connectivity index (χ1n) is 23.7. The smallest absolute Gasteiger partial charge is 0 e. The maximum Gasteiger partial charge on any atom is 0 e. The molecule has 0 amide bonds. The van der Waals surface area contributed by atoms with E-state index in [-0.39, 0.29) is 151 Å². The molecule has 0 bridgehead atoms. The summed E-state index contributed by atoms with van der Waals surface area (Å²) in [6, 6.07) is 0. The normalized spacial score (nSPS) is 15.8. The summed E-state index contributed by atoms with van der Waals surface area (Å²) in [5.41, 5.74) is 0. The summed E-state index contributed by atoms with van der Waals surface area (Å²) in [6.45, 7) is -20.6. The molecule has 0 N–H and O–H groups in total. The Balaban J connectivity index is 0. The molecule has 0 heterocycles. The molecule has 0 aromatic heterocycles. The van der Waals surface area contributed by atoms with E-state index >= 15 is 0 Å². The van der Waals surface area contributed by atoms with E-state index in [1.165, 1.54) is 0 Å². The van der Waals surface area contributed by atoms with Gasteiger partial charge >= 0.3 is 0 Å². The molecule has 0 rings (SSSR count). The van der Waals surface area contributed by atoms with Gasteiger partial charge in [-0.2, -0.15) is 0 Å². The van der Waals surface area contributed by atoms with Gasteiger partial charge in [0.1, 0.15) is 0 Å². The largest absolute Gasteiger partial charge is 0.109 e. The van der Waals surface area contributed by atoms with Crippen molar-refractivity contribution in [2.45, 2.75) is 0 Å². The minimum Gasteiger partial charge on any atom is -0.109 e. The fourth-order valence-corrected chi connectivity index (χ4v) is 1540. The van der Waals surface area contributed by atoms with Crippen LogP contribution in [0.15, 0.2) is 0 Å². The molecule has 58 unspecified atom stereocenters. The average Bonchev–Trinajstić information content (AvgIpc) is 3.42. The van der Waals surface area contributed by atoms with Crippen molar-refractivity contribution in [3.8, 4) is 0 Å². The second kappa shape index (κ2) is 84.4. The third-order valence-electron chi connectivity index (χ3n) is 9.23. The SMILES string of the molecule is PPP(P)P(P(P)P)P(P(PP(P(P(P(P(P)P)P(P)P)P(P(P)P)P(P)P)P(P(P(P)P)P(P)P)P(P(P)P)P(P)P)P(P(P(P(P)P)P(P)P)P(P(P)P)P(P)P)P(P(P(P)P)P(P)P)P(P(P)P)P(P)P)P(P(P(P)P)P(P)P)P(P(P)P)P(P)P)P(P(P(P)P)P(P)P)P(P(P)P)P(P)P.[V]. The Morgan fingerprint density at radius 2 is 0.200 bits per heavy atom. The van der Waals surface area contributed by atoms with Crippen LogP contribution in [0.1, 0.15) is 0 Å². The van der Waals surface area contributed by atoms with Gasteiger partial charge in [0.15, 0.2) is 0 Å². The van der Waals surface area contributed by atoms with E-state index in [0.29, 0.717) is 0 Å². The zero-order chi connectivity index (χ0) is 82.3. The third-order valence-corrected chi connectivity index (χ3v) is 747. The quantitative estimate of drug-likeness (QED) is 0.0533. The summed E-state index contributed by atoms with van der Waals surface area (Å²) in [5, 5.41) is 0. The van der Waals surface area contributed by atoms with Gasteiger partial charge in [-0.1, -0.05) is 7.96 Å². The molecule has 0 aliphatic heterocycles. The summed E-state index contributed by atoms with van der Waals surface area (Å²) < 4.78 is 0. The molecule has 0 aliphatic rings. The monoisotopic (exact) mass is 3380 g/mol. The van der Waals surface area contributed by atoms with Crippen molar-refractivity contribution in [2.75, 3.05) is 0 Å². The van der Waals surface area contributed by atoms with Gasteiger partial charge in [0, 0.05) is 18.6 Å². The van der Waals surface area contributed by atoms with Crippen molar-refractivity contribution in [1.82, 2.24) is 0 Å². The Morgan fingerprint density at radius 3 is 0.295 bits per heavy atom. The van der Waals surface area contributed by atoms with Crippen molar-refractivity contribution in [1.29, 1.82) is 0 Å². The van der Waals surface area contributed by atoms with Crippen LogP contribution in [0.2, 0.25) is 0 Å². The van der Waals surface area contributed by atoms with Crippen molar-refractivity contribution in [3.63, 3.8) is 0 Å². The van der Waals surface area contributed by atoms with E-state index in [4.69, 9.17) is 0 Å². The van der Waals surface area contributed by atoms with E-state index in [2.05, 4.69) is 464 Å². The van der Waals surface area contributed by atoms with Gasteiger partial charge in [0.2, 0.25) is 0 Å². The van der Waals surface area contributed by atoms with Gasteiger partial charge in [-0.25, -0.2) is 0 Å². The molecule has 0 spiro atoms. The second-order valence-corrected chi connectivity index (χ2v) is 447. The molecule has 0 saturated carbocycles. The minimum atomic E-state index is -0.590. The molecule has 0 aromatic rings. The van der Waals surface area contributed by atoms with Crippen LogP contribution in [-0.4, -0.2) is 0 Å². The van der Waals surface area contributed by atoms with Gasteiger partial charge < -0.3 is 0 Å². The van der Waals surface area contributed by atoms with E-state index < -0.39 is 217 Å². The zero-order valence-electron chi connectivity index (χ0n) is 53.8. The topological polar surface area (TPSA) is 0 Å². The minimum absolute atomic E-state index is 0. The maximum atomic E-state index is 3.91. The Kier molecular flexibility index (Phi) is 122. The Hall–Kier alpha value is 45.3. The Bertz CT molecular complexity index is 1770. The molecule has 105 heavy (non-hydrogen) atoms. The van der Waals surface area contributed by atoms with Crippen LogP contribution in [0, 0.1) is 0 Å².